The molecule has 1 N–H and O–H groups in total. The van der Waals surface area contributed by atoms with E-state index in [0.29, 0.717) is 24.1 Å². The molecule has 0 aromatic heterocycles. The Morgan fingerprint density at radius 3 is 2.59 bits per heavy atom. The predicted molar refractivity (Wildman–Crippen MR) is 86.0 cm³/mol. The van der Waals surface area contributed by atoms with Gasteiger partial charge in [0.1, 0.15) is 0 Å². The van der Waals surface area contributed by atoms with Crippen LogP contribution in [0.3, 0.4) is 0 Å². The molecule has 0 fully saturated rings. The highest BCUT2D eigenvalue weighted by atomic mass is 16.6. The van der Waals surface area contributed by atoms with Gasteiger partial charge in [0.2, 0.25) is 5.91 Å². The molecule has 0 aliphatic rings. The van der Waals surface area contributed by atoms with E-state index in [2.05, 4.69) is 5.32 Å². The van der Waals surface area contributed by atoms with Gasteiger partial charge in [0.15, 0.2) is 0 Å². The van der Waals surface area contributed by atoms with E-state index in [9.17, 15) is 14.9 Å². The highest BCUT2D eigenvalue weighted by Gasteiger charge is 2.14. The molecular formula is C17H18N2O3. The Bertz CT molecular complexity index is 711. The fourth-order valence-corrected chi connectivity index (χ4v) is 2.29. The van der Waals surface area contributed by atoms with Crippen LogP contribution in [0.25, 0.3) is 0 Å². The molecular weight excluding hydrogens is 280 g/mol. The first-order valence-corrected chi connectivity index (χ1v) is 7.07. The second kappa shape index (κ2) is 6.85. The van der Waals surface area contributed by atoms with Crippen molar-refractivity contribution in [2.24, 2.45) is 0 Å². The topological polar surface area (TPSA) is 72.2 Å². The fourth-order valence-electron chi connectivity index (χ4n) is 2.29. The Balaban J connectivity index is 2.01. The second-order valence-corrected chi connectivity index (χ2v) is 5.24. The lowest BCUT2D eigenvalue weighted by Crippen LogP contribution is -2.13. The summed E-state index contributed by atoms with van der Waals surface area (Å²) in [5.41, 5.74) is 3.23. The molecule has 5 nitrogen and oxygen atoms in total. The fraction of sp³-hybridized carbons (Fsp3) is 0.235. The summed E-state index contributed by atoms with van der Waals surface area (Å²) in [6, 6.07) is 12.7. The molecule has 0 bridgehead atoms. The minimum absolute atomic E-state index is 0.0106. The molecule has 2 aromatic carbocycles. The summed E-state index contributed by atoms with van der Waals surface area (Å²) < 4.78 is 0. The number of nitro benzene ring substituents is 1. The van der Waals surface area contributed by atoms with Crippen molar-refractivity contribution in [1.82, 2.24) is 0 Å². The highest BCUT2D eigenvalue weighted by molar-refractivity contribution is 5.92. The molecule has 0 aliphatic carbocycles. The maximum Gasteiger partial charge on any atom is 0.274 e. The number of nitrogens with zero attached hydrogens (tertiary/aromatic N) is 1. The van der Waals surface area contributed by atoms with Gasteiger partial charge in [0.05, 0.1) is 16.2 Å². The molecule has 114 valence electrons. The largest absolute Gasteiger partial charge is 0.326 e. The van der Waals surface area contributed by atoms with Crippen molar-refractivity contribution < 1.29 is 9.72 Å². The molecule has 0 heterocycles. The molecule has 22 heavy (non-hydrogen) atoms. The quantitative estimate of drug-likeness (QED) is 0.674. The van der Waals surface area contributed by atoms with Gasteiger partial charge in [-0.05, 0) is 31.9 Å². The number of amides is 1. The summed E-state index contributed by atoms with van der Waals surface area (Å²) >= 11 is 0. The van der Waals surface area contributed by atoms with Crippen molar-refractivity contribution >= 4 is 17.3 Å². The van der Waals surface area contributed by atoms with Crippen LogP contribution in [0.1, 0.15) is 23.1 Å². The highest BCUT2D eigenvalue weighted by Crippen LogP contribution is 2.25. The number of carbonyl (C=O) groups excluding carboxylic acids is 1. The standard InChI is InChI=1S/C17H18N2O3/c1-12-5-3-6-14(11-12)9-10-17(20)18-15-7-4-8-16(13(15)2)19(21)22/h3-8,11H,9-10H2,1-2H3,(H,18,20). The zero-order chi connectivity index (χ0) is 16.1. The number of anilines is 1. The third kappa shape index (κ3) is 3.91. The monoisotopic (exact) mass is 298 g/mol. The third-order valence-corrected chi connectivity index (χ3v) is 3.50. The minimum Gasteiger partial charge on any atom is -0.326 e. The molecule has 0 radical (unpaired) electrons. The zero-order valence-corrected chi connectivity index (χ0v) is 12.6. The van der Waals surface area contributed by atoms with E-state index in [1.165, 1.54) is 6.07 Å². The number of hydrogen-bond donors (Lipinski definition) is 1. The van der Waals surface area contributed by atoms with Gasteiger partial charge in [-0.15, -0.1) is 0 Å². The molecule has 0 aliphatic heterocycles. The van der Waals surface area contributed by atoms with Crippen molar-refractivity contribution in [3.05, 3.63) is 69.3 Å². The minimum atomic E-state index is -0.447. The van der Waals surface area contributed by atoms with E-state index < -0.39 is 4.92 Å². The summed E-state index contributed by atoms with van der Waals surface area (Å²) in [5, 5.41) is 13.6. The van der Waals surface area contributed by atoms with Crippen LogP contribution in [-0.4, -0.2) is 10.8 Å². The number of benzene rings is 2. The van der Waals surface area contributed by atoms with E-state index in [1.54, 1.807) is 19.1 Å². The van der Waals surface area contributed by atoms with Gasteiger partial charge in [-0.1, -0.05) is 35.9 Å². The summed E-state index contributed by atoms with van der Waals surface area (Å²) in [6.07, 6.45) is 0.979. The predicted octanol–water partition coefficient (Wildman–Crippen LogP) is 3.78. The first kappa shape index (κ1) is 15.7. The Labute approximate surface area is 129 Å². The molecule has 0 spiro atoms. The van der Waals surface area contributed by atoms with Gasteiger partial charge in [-0.3, -0.25) is 14.9 Å². The summed E-state index contributed by atoms with van der Waals surface area (Å²) in [6.45, 7) is 3.64. The molecule has 0 unspecified atom stereocenters. The number of aryl methyl sites for hydroxylation is 2. The Morgan fingerprint density at radius 2 is 1.91 bits per heavy atom. The van der Waals surface area contributed by atoms with Gasteiger partial charge in [-0.2, -0.15) is 0 Å². The van der Waals surface area contributed by atoms with Crippen LogP contribution >= 0.6 is 0 Å². The van der Waals surface area contributed by atoms with Crippen molar-refractivity contribution in [1.29, 1.82) is 0 Å². The number of nitro groups is 1. The number of nitrogens with one attached hydrogen (secondary N) is 1. The Kier molecular flexibility index (Phi) is 4.88. The SMILES string of the molecule is Cc1cccc(CCC(=O)Nc2cccc([N+](=O)[O-])c2C)c1. The molecule has 1 amide bonds. The number of carbonyl (C=O) groups is 1. The van der Waals surface area contributed by atoms with Crippen LogP contribution in [0.4, 0.5) is 11.4 Å². The molecule has 0 saturated heterocycles. The lowest BCUT2D eigenvalue weighted by Gasteiger charge is -2.09. The third-order valence-electron chi connectivity index (χ3n) is 3.50. The van der Waals surface area contributed by atoms with Crippen LogP contribution in [0, 0.1) is 24.0 Å². The zero-order valence-electron chi connectivity index (χ0n) is 12.6. The maximum absolute atomic E-state index is 12.0. The van der Waals surface area contributed by atoms with Crippen LogP contribution in [0.15, 0.2) is 42.5 Å². The molecule has 2 rings (SSSR count). The summed E-state index contributed by atoms with van der Waals surface area (Å²) in [7, 11) is 0. The van der Waals surface area contributed by atoms with Crippen LogP contribution < -0.4 is 5.32 Å². The van der Waals surface area contributed by atoms with Crippen LogP contribution in [-0.2, 0) is 11.2 Å². The average Bonchev–Trinajstić information content (AvgIpc) is 2.47. The van der Waals surface area contributed by atoms with Crippen molar-refractivity contribution in [3.8, 4) is 0 Å². The number of rotatable bonds is 5. The van der Waals surface area contributed by atoms with E-state index in [-0.39, 0.29) is 11.6 Å². The van der Waals surface area contributed by atoms with Crippen LogP contribution in [0.2, 0.25) is 0 Å². The normalized spacial score (nSPS) is 10.3. The second-order valence-electron chi connectivity index (χ2n) is 5.24. The van der Waals surface area contributed by atoms with Gasteiger partial charge < -0.3 is 5.32 Å². The number of hydrogen-bond acceptors (Lipinski definition) is 3. The summed E-state index contributed by atoms with van der Waals surface area (Å²) in [4.78, 5) is 22.5. The van der Waals surface area contributed by atoms with Gasteiger partial charge >= 0.3 is 0 Å². The van der Waals surface area contributed by atoms with E-state index in [4.69, 9.17) is 0 Å². The van der Waals surface area contributed by atoms with E-state index in [0.717, 1.165) is 11.1 Å². The van der Waals surface area contributed by atoms with Gasteiger partial charge in [0.25, 0.3) is 5.69 Å². The van der Waals surface area contributed by atoms with E-state index >= 15 is 0 Å². The molecule has 5 heteroatoms. The van der Waals surface area contributed by atoms with Gasteiger partial charge in [0, 0.05) is 12.5 Å². The Hall–Kier alpha value is -2.69. The van der Waals surface area contributed by atoms with E-state index in [1.807, 2.05) is 31.2 Å². The summed E-state index contributed by atoms with van der Waals surface area (Å²) in [5.74, 6) is -0.148. The first-order valence-electron chi connectivity index (χ1n) is 7.07. The van der Waals surface area contributed by atoms with Gasteiger partial charge in [-0.25, -0.2) is 0 Å². The Morgan fingerprint density at radius 1 is 1.18 bits per heavy atom. The van der Waals surface area contributed by atoms with Crippen LogP contribution in [0.5, 0.6) is 0 Å². The van der Waals surface area contributed by atoms with Crippen molar-refractivity contribution in [3.63, 3.8) is 0 Å². The molecule has 0 saturated carbocycles. The van der Waals surface area contributed by atoms with Crippen molar-refractivity contribution in [2.45, 2.75) is 26.7 Å². The van der Waals surface area contributed by atoms with Crippen molar-refractivity contribution in [2.75, 3.05) is 5.32 Å². The smallest absolute Gasteiger partial charge is 0.274 e. The molecule has 2 aromatic rings. The first-order chi connectivity index (χ1) is 10.5. The lowest BCUT2D eigenvalue weighted by atomic mass is 10.1. The molecule has 0 atom stereocenters. The maximum atomic E-state index is 12.0. The average molecular weight is 298 g/mol. The lowest BCUT2D eigenvalue weighted by molar-refractivity contribution is -0.385.